The van der Waals surface area contributed by atoms with Crippen LogP contribution in [0.25, 0.3) is 0 Å². The van der Waals surface area contributed by atoms with Gasteiger partial charge in [0.2, 0.25) is 0 Å². The molecular weight excluding hydrogens is 289 g/mol. The van der Waals surface area contributed by atoms with Crippen LogP contribution >= 0.6 is 12.2 Å². The highest BCUT2D eigenvalue weighted by atomic mass is 32.1. The molecule has 0 fully saturated rings. The summed E-state index contributed by atoms with van der Waals surface area (Å²) in [6, 6.07) is 13.5. The van der Waals surface area contributed by atoms with Gasteiger partial charge in [-0.3, -0.25) is 5.43 Å². The lowest BCUT2D eigenvalue weighted by atomic mass is 10.2. The molecule has 0 unspecified atom stereocenters. The van der Waals surface area contributed by atoms with Gasteiger partial charge in [-0.1, -0.05) is 18.2 Å². The van der Waals surface area contributed by atoms with Crippen LogP contribution in [0.3, 0.4) is 0 Å². The van der Waals surface area contributed by atoms with E-state index in [2.05, 4.69) is 15.8 Å². The van der Waals surface area contributed by atoms with E-state index in [1.165, 1.54) is 18.3 Å². The van der Waals surface area contributed by atoms with E-state index >= 15 is 0 Å². The highest BCUT2D eigenvalue weighted by molar-refractivity contribution is 7.80. The van der Waals surface area contributed by atoms with Crippen molar-refractivity contribution < 1.29 is 9.13 Å². The predicted octanol–water partition coefficient (Wildman–Crippen LogP) is 3.15. The molecule has 0 amide bonds. The Morgan fingerprint density at radius 3 is 2.81 bits per heavy atom. The van der Waals surface area contributed by atoms with Gasteiger partial charge in [0.15, 0.2) is 5.11 Å². The van der Waals surface area contributed by atoms with E-state index in [1.807, 2.05) is 24.3 Å². The number of thiocarbonyl (C=S) groups is 1. The van der Waals surface area contributed by atoms with Crippen LogP contribution in [0.15, 0.2) is 53.6 Å². The summed E-state index contributed by atoms with van der Waals surface area (Å²) in [5.74, 6) is 0.419. The second kappa shape index (κ2) is 7.35. The second-order valence-corrected chi connectivity index (χ2v) is 4.52. The molecule has 6 heteroatoms. The third kappa shape index (κ3) is 4.85. The van der Waals surface area contributed by atoms with Gasteiger partial charge in [0.05, 0.1) is 13.3 Å². The zero-order valence-electron chi connectivity index (χ0n) is 11.3. The lowest BCUT2D eigenvalue weighted by Crippen LogP contribution is -2.23. The SMILES string of the molecule is COc1cccc(NC(=S)N/N=C\c2cccc(F)c2)c1. The Hall–Kier alpha value is -2.47. The van der Waals surface area contributed by atoms with E-state index in [0.717, 1.165) is 11.4 Å². The maximum absolute atomic E-state index is 13.0. The zero-order chi connectivity index (χ0) is 15.1. The summed E-state index contributed by atoms with van der Waals surface area (Å²) in [4.78, 5) is 0. The summed E-state index contributed by atoms with van der Waals surface area (Å²) in [5, 5.41) is 7.24. The topological polar surface area (TPSA) is 45.6 Å². The third-order valence-electron chi connectivity index (χ3n) is 2.56. The lowest BCUT2D eigenvalue weighted by molar-refractivity contribution is 0.415. The molecule has 0 aliphatic carbocycles. The van der Waals surface area contributed by atoms with Crippen molar-refractivity contribution in [3.63, 3.8) is 0 Å². The number of hydrogen-bond donors (Lipinski definition) is 2. The summed E-state index contributed by atoms with van der Waals surface area (Å²) in [7, 11) is 1.60. The summed E-state index contributed by atoms with van der Waals surface area (Å²) in [6.07, 6.45) is 1.49. The first-order chi connectivity index (χ1) is 10.2. The first kappa shape index (κ1) is 14.9. The zero-order valence-corrected chi connectivity index (χ0v) is 12.2. The van der Waals surface area contributed by atoms with Gasteiger partial charge in [0.25, 0.3) is 0 Å². The van der Waals surface area contributed by atoms with Crippen molar-refractivity contribution in [2.24, 2.45) is 5.10 Å². The van der Waals surface area contributed by atoms with Crippen LogP contribution in [-0.4, -0.2) is 18.4 Å². The van der Waals surface area contributed by atoms with Gasteiger partial charge < -0.3 is 10.1 Å². The number of benzene rings is 2. The summed E-state index contributed by atoms with van der Waals surface area (Å²) < 4.78 is 18.1. The molecule has 2 aromatic rings. The lowest BCUT2D eigenvalue weighted by Gasteiger charge is -2.08. The molecule has 2 N–H and O–H groups in total. The van der Waals surface area contributed by atoms with Gasteiger partial charge in [-0.2, -0.15) is 5.10 Å². The largest absolute Gasteiger partial charge is 0.497 e. The van der Waals surface area contributed by atoms with Gasteiger partial charge in [0, 0.05) is 11.8 Å². The van der Waals surface area contributed by atoms with Crippen molar-refractivity contribution in [2.45, 2.75) is 0 Å². The Kier molecular flexibility index (Phi) is 5.22. The number of ether oxygens (including phenoxy) is 1. The molecule has 0 spiro atoms. The van der Waals surface area contributed by atoms with E-state index in [1.54, 1.807) is 19.2 Å². The van der Waals surface area contributed by atoms with E-state index in [0.29, 0.717) is 10.7 Å². The molecule has 0 radical (unpaired) electrons. The van der Waals surface area contributed by atoms with Crippen LogP contribution in [0.5, 0.6) is 5.75 Å². The maximum Gasteiger partial charge on any atom is 0.191 e. The maximum atomic E-state index is 13.0. The predicted molar refractivity (Wildman–Crippen MR) is 86.3 cm³/mol. The first-order valence-electron chi connectivity index (χ1n) is 6.17. The molecule has 2 rings (SSSR count). The fraction of sp³-hybridized carbons (Fsp3) is 0.0667. The van der Waals surface area contributed by atoms with Crippen LogP contribution in [0.2, 0.25) is 0 Å². The summed E-state index contributed by atoms with van der Waals surface area (Å²) in [5.41, 5.74) is 4.09. The number of halogens is 1. The van der Waals surface area contributed by atoms with E-state index < -0.39 is 0 Å². The number of anilines is 1. The molecule has 0 heterocycles. The number of methoxy groups -OCH3 is 1. The van der Waals surface area contributed by atoms with Gasteiger partial charge in [-0.15, -0.1) is 0 Å². The summed E-state index contributed by atoms with van der Waals surface area (Å²) >= 11 is 5.11. The number of rotatable bonds is 4. The molecule has 0 bridgehead atoms. The monoisotopic (exact) mass is 303 g/mol. The van der Waals surface area contributed by atoms with E-state index in [4.69, 9.17) is 17.0 Å². The van der Waals surface area contributed by atoms with Crippen molar-refractivity contribution >= 4 is 29.2 Å². The molecule has 0 atom stereocenters. The molecule has 0 aromatic heterocycles. The van der Waals surface area contributed by atoms with Gasteiger partial charge in [-0.05, 0) is 42.0 Å². The minimum atomic E-state index is -0.309. The molecule has 108 valence electrons. The minimum absolute atomic E-state index is 0.309. The fourth-order valence-corrected chi connectivity index (χ4v) is 1.78. The molecule has 0 saturated carbocycles. The average molecular weight is 303 g/mol. The second-order valence-electron chi connectivity index (χ2n) is 4.11. The van der Waals surface area contributed by atoms with Gasteiger partial charge >= 0.3 is 0 Å². The van der Waals surface area contributed by atoms with E-state index in [-0.39, 0.29) is 5.82 Å². The molecular formula is C15H14FN3OS. The molecule has 0 aliphatic heterocycles. The van der Waals surface area contributed by atoms with Crippen molar-refractivity contribution in [3.8, 4) is 5.75 Å². The molecule has 0 aliphatic rings. The number of hydrazone groups is 1. The quantitative estimate of drug-likeness (QED) is 0.517. The van der Waals surface area contributed by atoms with Crippen molar-refractivity contribution in [2.75, 3.05) is 12.4 Å². The van der Waals surface area contributed by atoms with E-state index in [9.17, 15) is 4.39 Å². The molecule has 2 aromatic carbocycles. The fourth-order valence-electron chi connectivity index (χ4n) is 1.61. The Balaban J connectivity index is 1.90. The Bertz CT molecular complexity index is 661. The van der Waals surface area contributed by atoms with Gasteiger partial charge in [-0.25, -0.2) is 4.39 Å². The van der Waals surface area contributed by atoms with Crippen LogP contribution < -0.4 is 15.5 Å². The van der Waals surface area contributed by atoms with Crippen molar-refractivity contribution in [3.05, 3.63) is 59.9 Å². The van der Waals surface area contributed by atoms with Crippen LogP contribution in [0, 0.1) is 5.82 Å². The third-order valence-corrected chi connectivity index (χ3v) is 2.75. The highest BCUT2D eigenvalue weighted by Gasteiger charge is 1.98. The smallest absolute Gasteiger partial charge is 0.191 e. The number of nitrogens with zero attached hydrogens (tertiary/aromatic N) is 1. The first-order valence-corrected chi connectivity index (χ1v) is 6.58. The van der Waals surface area contributed by atoms with Crippen molar-refractivity contribution in [1.29, 1.82) is 0 Å². The summed E-state index contributed by atoms with van der Waals surface area (Å²) in [6.45, 7) is 0. The molecule has 21 heavy (non-hydrogen) atoms. The molecule has 0 saturated heterocycles. The number of hydrogen-bond acceptors (Lipinski definition) is 3. The Morgan fingerprint density at radius 2 is 2.05 bits per heavy atom. The number of nitrogens with one attached hydrogen (secondary N) is 2. The molecule has 4 nitrogen and oxygen atoms in total. The Labute approximate surface area is 127 Å². The van der Waals surface area contributed by atoms with Crippen LogP contribution in [0.4, 0.5) is 10.1 Å². The average Bonchev–Trinajstić information content (AvgIpc) is 2.47. The normalized spacial score (nSPS) is 10.4. The Morgan fingerprint density at radius 1 is 1.24 bits per heavy atom. The van der Waals surface area contributed by atoms with Crippen LogP contribution in [-0.2, 0) is 0 Å². The van der Waals surface area contributed by atoms with Crippen LogP contribution in [0.1, 0.15) is 5.56 Å². The standard InChI is InChI=1S/C15H14FN3OS/c1-20-14-7-3-6-13(9-14)18-15(21)19-17-10-11-4-2-5-12(16)8-11/h2-10H,1H3,(H2,18,19,21)/b17-10-. The van der Waals surface area contributed by atoms with Gasteiger partial charge in [0.1, 0.15) is 11.6 Å². The highest BCUT2D eigenvalue weighted by Crippen LogP contribution is 2.16. The minimum Gasteiger partial charge on any atom is -0.497 e. The van der Waals surface area contributed by atoms with Crippen molar-refractivity contribution in [1.82, 2.24) is 5.43 Å².